The SMILES string of the molecule is CC1C[C@H]2[C@@H]3CC(F)C4=CC(=O)C=C[C@]4(C)[C@@]3(F)C(F)C[C@]2(C)[C@@]1(O)C(=O)C(=O)O. The smallest absolute Gasteiger partial charge is 0.375 e. The van der Waals surface area contributed by atoms with Crippen LogP contribution < -0.4 is 0 Å². The molecule has 4 rings (SSSR count). The molecule has 0 saturated heterocycles. The van der Waals surface area contributed by atoms with Gasteiger partial charge in [0.05, 0.1) is 0 Å². The molecule has 0 amide bonds. The minimum atomic E-state index is -2.56. The highest BCUT2D eigenvalue weighted by Gasteiger charge is 2.77. The van der Waals surface area contributed by atoms with Gasteiger partial charge in [0.1, 0.15) is 17.9 Å². The Morgan fingerprint density at radius 2 is 1.80 bits per heavy atom. The molecule has 3 unspecified atom stereocenters. The van der Waals surface area contributed by atoms with Gasteiger partial charge in [0, 0.05) is 16.7 Å². The van der Waals surface area contributed by atoms with E-state index >= 15 is 13.2 Å². The summed E-state index contributed by atoms with van der Waals surface area (Å²) in [4.78, 5) is 35.7. The van der Waals surface area contributed by atoms with Gasteiger partial charge in [-0.25, -0.2) is 18.0 Å². The van der Waals surface area contributed by atoms with Crippen LogP contribution in [0.3, 0.4) is 0 Å². The minimum Gasteiger partial charge on any atom is -0.475 e. The fourth-order valence-electron chi connectivity index (χ4n) is 7.12. The Bertz CT molecular complexity index is 914. The second-order valence-electron chi connectivity index (χ2n) is 9.85. The third-order valence-electron chi connectivity index (χ3n) is 8.71. The van der Waals surface area contributed by atoms with Gasteiger partial charge in [-0.3, -0.25) is 9.59 Å². The zero-order chi connectivity index (χ0) is 22.4. The van der Waals surface area contributed by atoms with Gasteiger partial charge in [0.25, 0.3) is 5.78 Å². The Hall–Kier alpha value is -1.96. The maximum absolute atomic E-state index is 16.8. The summed E-state index contributed by atoms with van der Waals surface area (Å²) in [5, 5.41) is 20.5. The molecule has 30 heavy (non-hydrogen) atoms. The number of alkyl halides is 3. The number of ketones is 2. The lowest BCUT2D eigenvalue weighted by Gasteiger charge is -2.62. The summed E-state index contributed by atoms with van der Waals surface area (Å²) in [6.07, 6.45) is -1.42. The van der Waals surface area contributed by atoms with E-state index in [0.29, 0.717) is 0 Å². The van der Waals surface area contributed by atoms with E-state index in [1.807, 2.05) is 0 Å². The number of aliphatic hydroxyl groups is 1. The van der Waals surface area contributed by atoms with Crippen LogP contribution in [0.4, 0.5) is 13.2 Å². The van der Waals surface area contributed by atoms with Crippen molar-refractivity contribution in [3.63, 3.8) is 0 Å². The first-order valence-corrected chi connectivity index (χ1v) is 10.2. The molecular formula is C22H25F3O5. The summed E-state index contributed by atoms with van der Waals surface area (Å²) in [5.74, 6) is -6.63. The second-order valence-corrected chi connectivity index (χ2v) is 9.85. The van der Waals surface area contributed by atoms with Crippen LogP contribution in [-0.4, -0.2) is 51.4 Å². The van der Waals surface area contributed by atoms with Crippen LogP contribution in [0.5, 0.6) is 0 Å². The molecular weight excluding hydrogens is 401 g/mol. The summed E-state index contributed by atoms with van der Waals surface area (Å²) >= 11 is 0. The third kappa shape index (κ3) is 2.16. The molecule has 8 heteroatoms. The van der Waals surface area contributed by atoms with Crippen LogP contribution in [0.1, 0.15) is 40.0 Å². The lowest BCUT2D eigenvalue weighted by Crippen LogP contribution is -2.70. The van der Waals surface area contributed by atoms with Gasteiger partial charge in [-0.1, -0.05) is 19.9 Å². The lowest BCUT2D eigenvalue weighted by molar-refractivity contribution is -0.209. The number of halogens is 3. The molecule has 3 fully saturated rings. The van der Waals surface area contributed by atoms with Gasteiger partial charge in [-0.15, -0.1) is 0 Å². The van der Waals surface area contributed by atoms with E-state index in [1.165, 1.54) is 26.8 Å². The number of carbonyl (C=O) groups is 3. The second kappa shape index (κ2) is 6.05. The van der Waals surface area contributed by atoms with Crippen LogP contribution in [0.2, 0.25) is 0 Å². The molecule has 2 N–H and O–H groups in total. The van der Waals surface area contributed by atoms with Gasteiger partial charge >= 0.3 is 5.97 Å². The third-order valence-corrected chi connectivity index (χ3v) is 8.71. The molecule has 0 aromatic heterocycles. The van der Waals surface area contributed by atoms with Crippen LogP contribution in [0.25, 0.3) is 0 Å². The number of allylic oxidation sites excluding steroid dienone is 4. The molecule has 9 atom stereocenters. The van der Waals surface area contributed by atoms with Crippen molar-refractivity contribution in [2.75, 3.05) is 0 Å². The van der Waals surface area contributed by atoms with E-state index in [0.717, 1.165) is 12.2 Å². The van der Waals surface area contributed by atoms with Gasteiger partial charge in [0.15, 0.2) is 11.5 Å². The predicted molar refractivity (Wildman–Crippen MR) is 99.7 cm³/mol. The number of carbonyl (C=O) groups excluding carboxylic acids is 2. The van der Waals surface area contributed by atoms with Crippen molar-refractivity contribution in [3.8, 4) is 0 Å². The van der Waals surface area contributed by atoms with Crippen molar-refractivity contribution in [1.82, 2.24) is 0 Å². The molecule has 0 aromatic carbocycles. The van der Waals surface area contributed by atoms with Crippen molar-refractivity contribution in [3.05, 3.63) is 23.8 Å². The van der Waals surface area contributed by atoms with Gasteiger partial charge in [-0.2, -0.15) is 0 Å². The van der Waals surface area contributed by atoms with Gasteiger partial charge < -0.3 is 10.2 Å². The molecule has 0 aliphatic heterocycles. The molecule has 4 aliphatic rings. The summed E-state index contributed by atoms with van der Waals surface area (Å²) in [5.41, 5.74) is -8.28. The number of hydrogen-bond acceptors (Lipinski definition) is 4. The van der Waals surface area contributed by atoms with E-state index < -0.39 is 82.6 Å². The van der Waals surface area contributed by atoms with Crippen molar-refractivity contribution >= 4 is 17.5 Å². The maximum Gasteiger partial charge on any atom is 0.375 e. The number of aliphatic carboxylic acids is 1. The largest absolute Gasteiger partial charge is 0.475 e. The quantitative estimate of drug-likeness (QED) is 0.663. The highest BCUT2D eigenvalue weighted by atomic mass is 19.2. The van der Waals surface area contributed by atoms with Crippen molar-refractivity contribution in [1.29, 1.82) is 0 Å². The molecule has 4 aliphatic carbocycles. The average Bonchev–Trinajstić information content (AvgIpc) is 2.86. The zero-order valence-electron chi connectivity index (χ0n) is 17.0. The molecule has 0 heterocycles. The fraction of sp³-hybridized carbons (Fsp3) is 0.682. The van der Waals surface area contributed by atoms with Crippen LogP contribution in [-0.2, 0) is 14.4 Å². The standard InChI is InChI=1S/C22H25F3O5/c1-10-6-12-13-8-15(23)14-7-11(26)4-5-19(14,2)21(13,25)16(24)9-20(12,3)22(10,30)17(27)18(28)29/h4-5,7,10,12-13,15-16,30H,6,8-9H2,1-3H3,(H,28,29)/t10?,12-,13-,15?,16?,19-,20-,21-,22-/m0/s1. The lowest BCUT2D eigenvalue weighted by atomic mass is 9.44. The summed E-state index contributed by atoms with van der Waals surface area (Å²) in [6.45, 7) is 4.28. The average molecular weight is 426 g/mol. The summed E-state index contributed by atoms with van der Waals surface area (Å²) < 4.78 is 47.7. The Balaban J connectivity index is 1.87. The minimum absolute atomic E-state index is 0.0690. The predicted octanol–water partition coefficient (Wildman–Crippen LogP) is 2.91. The number of Topliss-reactive ketones (excluding diaryl/α,β-unsaturated/α-hetero) is 1. The fourth-order valence-corrected chi connectivity index (χ4v) is 7.12. The normalized spacial score (nSPS) is 52.2. The zero-order valence-corrected chi connectivity index (χ0v) is 17.0. The monoisotopic (exact) mass is 426 g/mol. The Kier molecular flexibility index (Phi) is 4.29. The summed E-state index contributed by atoms with van der Waals surface area (Å²) in [6, 6.07) is 0. The Labute approximate surface area is 172 Å². The Morgan fingerprint density at radius 3 is 2.40 bits per heavy atom. The van der Waals surface area contributed by atoms with E-state index in [-0.39, 0.29) is 12.0 Å². The van der Waals surface area contributed by atoms with Crippen molar-refractivity contribution in [2.24, 2.45) is 28.6 Å². The van der Waals surface area contributed by atoms with Crippen molar-refractivity contribution in [2.45, 2.75) is 63.6 Å². The van der Waals surface area contributed by atoms with Crippen LogP contribution in [0, 0.1) is 28.6 Å². The topological polar surface area (TPSA) is 91.7 Å². The van der Waals surface area contributed by atoms with Gasteiger partial charge in [-0.05, 0) is 55.7 Å². The highest BCUT2D eigenvalue weighted by molar-refractivity contribution is 6.36. The number of fused-ring (bicyclic) bond motifs is 5. The van der Waals surface area contributed by atoms with Crippen molar-refractivity contribution < 1.29 is 37.8 Å². The first kappa shape index (κ1) is 21.3. The highest BCUT2D eigenvalue weighted by Crippen LogP contribution is 2.71. The number of hydrogen-bond donors (Lipinski definition) is 2. The Morgan fingerprint density at radius 1 is 1.17 bits per heavy atom. The molecule has 3 saturated carbocycles. The van der Waals surface area contributed by atoms with E-state index in [2.05, 4.69) is 0 Å². The molecule has 164 valence electrons. The summed E-state index contributed by atoms with van der Waals surface area (Å²) in [7, 11) is 0. The molecule has 0 aromatic rings. The number of rotatable bonds is 2. The number of carboxylic acid groups (broad SMARTS) is 1. The first-order chi connectivity index (χ1) is 13.7. The van der Waals surface area contributed by atoms with E-state index in [9.17, 15) is 24.6 Å². The molecule has 0 bridgehead atoms. The first-order valence-electron chi connectivity index (χ1n) is 10.2. The molecule has 0 radical (unpaired) electrons. The van der Waals surface area contributed by atoms with E-state index in [4.69, 9.17) is 0 Å². The molecule has 5 nitrogen and oxygen atoms in total. The van der Waals surface area contributed by atoms with E-state index in [1.54, 1.807) is 0 Å². The van der Waals surface area contributed by atoms with Crippen LogP contribution >= 0.6 is 0 Å². The maximum atomic E-state index is 16.8. The number of carboxylic acids is 1. The van der Waals surface area contributed by atoms with Gasteiger partial charge in [0.2, 0.25) is 0 Å². The van der Waals surface area contributed by atoms with Crippen LogP contribution in [0.15, 0.2) is 23.8 Å². The molecule has 0 spiro atoms.